The van der Waals surface area contributed by atoms with Gasteiger partial charge in [0.05, 0.1) is 17.2 Å². The Balaban J connectivity index is 2.11. The van der Waals surface area contributed by atoms with Crippen LogP contribution in [-0.4, -0.2) is 33.1 Å². The number of carbonyl (C=O) groups excluding carboxylic acids is 1. The van der Waals surface area contributed by atoms with Crippen LogP contribution in [0.2, 0.25) is 0 Å². The van der Waals surface area contributed by atoms with Crippen molar-refractivity contribution in [1.82, 2.24) is 10.3 Å². The summed E-state index contributed by atoms with van der Waals surface area (Å²) in [5.41, 5.74) is -1.27. The van der Waals surface area contributed by atoms with Crippen molar-refractivity contribution in [2.75, 3.05) is 0 Å². The van der Waals surface area contributed by atoms with Gasteiger partial charge in [-0.2, -0.15) is 0 Å². The van der Waals surface area contributed by atoms with E-state index in [0.717, 1.165) is 12.3 Å². The highest BCUT2D eigenvalue weighted by Crippen LogP contribution is 2.18. The van der Waals surface area contributed by atoms with E-state index in [1.54, 1.807) is 0 Å². The number of amides is 1. The molecule has 1 saturated carbocycles. The summed E-state index contributed by atoms with van der Waals surface area (Å²) in [4.78, 5) is 35.7. The van der Waals surface area contributed by atoms with E-state index in [9.17, 15) is 24.8 Å². The molecule has 108 valence electrons. The molecule has 8 nitrogen and oxygen atoms in total. The summed E-state index contributed by atoms with van der Waals surface area (Å²) in [7, 11) is 0. The number of carbonyl (C=O) groups is 1. The van der Waals surface area contributed by atoms with Gasteiger partial charge in [0.15, 0.2) is 0 Å². The summed E-state index contributed by atoms with van der Waals surface area (Å²) < 4.78 is 0. The van der Waals surface area contributed by atoms with Gasteiger partial charge in [0.25, 0.3) is 17.2 Å². The molecule has 0 aliphatic heterocycles. The number of aliphatic hydroxyl groups excluding tert-OH is 1. The van der Waals surface area contributed by atoms with Crippen molar-refractivity contribution < 1.29 is 14.8 Å². The van der Waals surface area contributed by atoms with Crippen molar-refractivity contribution in [3.8, 4) is 0 Å². The summed E-state index contributed by atoms with van der Waals surface area (Å²) in [6.07, 6.45) is 3.05. The van der Waals surface area contributed by atoms with Crippen LogP contribution >= 0.6 is 0 Å². The smallest absolute Gasteiger partial charge is 0.286 e. The van der Waals surface area contributed by atoms with E-state index < -0.39 is 16.4 Å². The van der Waals surface area contributed by atoms with Crippen molar-refractivity contribution in [2.24, 2.45) is 0 Å². The van der Waals surface area contributed by atoms with E-state index >= 15 is 0 Å². The first-order valence-electron chi connectivity index (χ1n) is 6.33. The lowest BCUT2D eigenvalue weighted by molar-refractivity contribution is -0.385. The quantitative estimate of drug-likeness (QED) is 0.543. The Morgan fingerprint density at radius 1 is 1.40 bits per heavy atom. The number of pyridine rings is 1. The molecule has 1 aromatic rings. The highest BCUT2D eigenvalue weighted by Gasteiger charge is 2.23. The summed E-state index contributed by atoms with van der Waals surface area (Å²) >= 11 is 0. The molecule has 0 bridgehead atoms. The number of nitro groups is 1. The van der Waals surface area contributed by atoms with Gasteiger partial charge in [-0.3, -0.25) is 19.7 Å². The maximum atomic E-state index is 12.0. The highest BCUT2D eigenvalue weighted by atomic mass is 16.6. The number of rotatable bonds is 3. The van der Waals surface area contributed by atoms with Gasteiger partial charge in [-0.1, -0.05) is 0 Å². The molecule has 1 aliphatic rings. The molecule has 1 amide bonds. The van der Waals surface area contributed by atoms with Crippen LogP contribution in [0.25, 0.3) is 0 Å². The lowest BCUT2D eigenvalue weighted by Crippen LogP contribution is -2.40. The van der Waals surface area contributed by atoms with Crippen molar-refractivity contribution in [2.45, 2.75) is 37.8 Å². The van der Waals surface area contributed by atoms with E-state index in [2.05, 4.69) is 10.3 Å². The fraction of sp³-hybridized carbons (Fsp3) is 0.500. The lowest BCUT2D eigenvalue weighted by Gasteiger charge is -2.25. The minimum Gasteiger partial charge on any atom is -0.393 e. The predicted octanol–water partition coefficient (Wildman–Crippen LogP) is 0.316. The molecule has 20 heavy (non-hydrogen) atoms. The van der Waals surface area contributed by atoms with Crippen LogP contribution in [0.4, 0.5) is 5.69 Å². The average Bonchev–Trinajstić information content (AvgIpc) is 2.41. The Morgan fingerprint density at radius 3 is 2.65 bits per heavy atom. The van der Waals surface area contributed by atoms with Gasteiger partial charge in [-0.25, -0.2) is 0 Å². The second-order valence-corrected chi connectivity index (χ2v) is 4.84. The molecule has 0 spiro atoms. The van der Waals surface area contributed by atoms with E-state index in [-0.39, 0.29) is 23.4 Å². The predicted molar refractivity (Wildman–Crippen MR) is 69.4 cm³/mol. The van der Waals surface area contributed by atoms with Gasteiger partial charge >= 0.3 is 0 Å². The maximum Gasteiger partial charge on any atom is 0.286 e. The van der Waals surface area contributed by atoms with Crippen LogP contribution < -0.4 is 10.9 Å². The zero-order valence-corrected chi connectivity index (χ0v) is 10.7. The molecule has 0 aromatic carbocycles. The minimum absolute atomic E-state index is 0.121. The number of nitrogens with one attached hydrogen (secondary N) is 2. The third kappa shape index (κ3) is 3.21. The fourth-order valence-corrected chi connectivity index (χ4v) is 2.23. The maximum absolute atomic E-state index is 12.0. The molecule has 0 atom stereocenters. The minimum atomic E-state index is -0.677. The molecule has 1 aliphatic carbocycles. The number of aliphatic hydroxyl groups is 1. The van der Waals surface area contributed by atoms with Gasteiger partial charge in [0.2, 0.25) is 0 Å². The molecular weight excluding hydrogens is 266 g/mol. The molecule has 0 saturated heterocycles. The van der Waals surface area contributed by atoms with Gasteiger partial charge < -0.3 is 15.4 Å². The number of aromatic nitrogens is 1. The normalized spacial score (nSPS) is 22.2. The third-order valence-corrected chi connectivity index (χ3v) is 3.38. The van der Waals surface area contributed by atoms with Gasteiger partial charge in [0.1, 0.15) is 5.56 Å². The number of aromatic amines is 1. The Bertz CT molecular complexity index is 575. The first-order chi connectivity index (χ1) is 9.47. The Morgan fingerprint density at radius 2 is 2.05 bits per heavy atom. The number of hydrogen-bond acceptors (Lipinski definition) is 5. The van der Waals surface area contributed by atoms with Gasteiger partial charge in [-0.05, 0) is 25.7 Å². The molecule has 2 rings (SSSR count). The molecule has 0 unspecified atom stereocenters. The second-order valence-electron chi connectivity index (χ2n) is 4.84. The summed E-state index contributed by atoms with van der Waals surface area (Å²) in [6, 6.07) is 0.843. The highest BCUT2D eigenvalue weighted by molar-refractivity contribution is 5.94. The van der Waals surface area contributed by atoms with Crippen molar-refractivity contribution in [3.63, 3.8) is 0 Å². The molecular formula is C12H15N3O5. The van der Waals surface area contributed by atoms with E-state index in [1.807, 2.05) is 0 Å². The van der Waals surface area contributed by atoms with E-state index in [4.69, 9.17) is 0 Å². The van der Waals surface area contributed by atoms with Crippen molar-refractivity contribution >= 4 is 11.6 Å². The fourth-order valence-electron chi connectivity index (χ4n) is 2.23. The Kier molecular flexibility index (Phi) is 4.14. The topological polar surface area (TPSA) is 125 Å². The lowest BCUT2D eigenvalue weighted by atomic mass is 9.93. The SMILES string of the molecule is O=C(NC1CCC(O)CC1)c1cc([N+](=O)[O-])c[nH]c1=O. The van der Waals surface area contributed by atoms with Gasteiger partial charge in [0, 0.05) is 12.1 Å². The molecule has 3 N–H and O–H groups in total. The summed E-state index contributed by atoms with van der Waals surface area (Å²) in [5, 5.41) is 22.7. The Hall–Kier alpha value is -2.22. The van der Waals surface area contributed by atoms with Gasteiger partial charge in [-0.15, -0.1) is 0 Å². The zero-order valence-electron chi connectivity index (χ0n) is 10.7. The van der Waals surface area contributed by atoms with Crippen LogP contribution in [0.5, 0.6) is 0 Å². The molecule has 1 heterocycles. The number of hydrogen-bond donors (Lipinski definition) is 3. The average molecular weight is 281 g/mol. The number of nitrogens with zero attached hydrogens (tertiary/aromatic N) is 1. The van der Waals surface area contributed by atoms with Crippen LogP contribution in [0, 0.1) is 10.1 Å². The van der Waals surface area contributed by atoms with E-state index in [0.29, 0.717) is 25.7 Å². The monoisotopic (exact) mass is 281 g/mol. The van der Waals surface area contributed by atoms with Crippen LogP contribution in [0.1, 0.15) is 36.0 Å². The Labute approximate surface area is 114 Å². The molecule has 8 heteroatoms. The number of H-pyrrole nitrogens is 1. The standard InChI is InChI=1S/C12H15N3O5/c16-9-3-1-7(2-4-9)14-12(18)10-5-8(15(19)20)6-13-11(10)17/h5-7,9,16H,1-4H2,(H,13,17)(H,14,18). The van der Waals surface area contributed by atoms with Crippen LogP contribution in [0.15, 0.2) is 17.1 Å². The van der Waals surface area contributed by atoms with Crippen molar-refractivity contribution in [3.05, 3.63) is 38.3 Å². The summed E-state index contributed by atoms with van der Waals surface area (Å²) in [6.45, 7) is 0. The van der Waals surface area contributed by atoms with Crippen molar-refractivity contribution in [1.29, 1.82) is 0 Å². The van der Waals surface area contributed by atoms with Crippen LogP contribution in [0.3, 0.4) is 0 Å². The molecule has 1 fully saturated rings. The first-order valence-corrected chi connectivity index (χ1v) is 6.33. The van der Waals surface area contributed by atoms with Crippen LogP contribution in [-0.2, 0) is 0 Å². The zero-order chi connectivity index (χ0) is 14.7. The largest absolute Gasteiger partial charge is 0.393 e. The first kappa shape index (κ1) is 14.2. The third-order valence-electron chi connectivity index (χ3n) is 3.38. The summed E-state index contributed by atoms with van der Waals surface area (Å²) in [5.74, 6) is -0.628. The molecule has 1 aromatic heterocycles. The van der Waals surface area contributed by atoms with E-state index in [1.165, 1.54) is 0 Å². The molecule has 0 radical (unpaired) electrons. The second kappa shape index (κ2) is 5.83.